The van der Waals surface area contributed by atoms with Gasteiger partial charge in [-0.1, -0.05) is 0 Å². The van der Waals surface area contributed by atoms with Gasteiger partial charge < -0.3 is 14.5 Å². The van der Waals surface area contributed by atoms with E-state index in [1.165, 1.54) is 35.4 Å². The molecule has 0 radical (unpaired) electrons. The molecular weight excluding hydrogens is 415 g/mol. The van der Waals surface area contributed by atoms with Gasteiger partial charge in [0.15, 0.2) is 0 Å². The molecule has 3 aromatic rings. The molecule has 2 aliphatic rings. The van der Waals surface area contributed by atoms with Gasteiger partial charge in [-0.3, -0.25) is 0 Å². The number of aryl methyl sites for hydroxylation is 2. The molecule has 1 aliphatic heterocycles. The minimum absolute atomic E-state index is 0.143. The lowest BCUT2D eigenvalue weighted by Gasteiger charge is -2.37. The predicted octanol–water partition coefficient (Wildman–Crippen LogP) is 4.21. The third-order valence-electron chi connectivity index (χ3n) is 6.02. The first-order chi connectivity index (χ1) is 15.1. The normalized spacial score (nSPS) is 16.5. The van der Waals surface area contributed by atoms with E-state index in [1.807, 2.05) is 12.1 Å². The molecule has 1 fully saturated rings. The molecule has 1 aromatic carbocycles. The van der Waals surface area contributed by atoms with Gasteiger partial charge in [-0.2, -0.15) is 0 Å². The number of thiophene rings is 1. The molecule has 1 saturated heterocycles. The summed E-state index contributed by atoms with van der Waals surface area (Å²) in [5.41, 5.74) is 2.38. The Morgan fingerprint density at radius 2 is 1.77 bits per heavy atom. The lowest BCUT2D eigenvalue weighted by Crippen LogP contribution is -2.47. The molecule has 2 aromatic heterocycles. The Morgan fingerprint density at radius 3 is 2.52 bits per heavy atom. The zero-order valence-electron chi connectivity index (χ0n) is 17.6. The summed E-state index contributed by atoms with van der Waals surface area (Å²) in [5.74, 6) is 0.302. The summed E-state index contributed by atoms with van der Waals surface area (Å²) in [6.07, 6.45) is 4.49. The fourth-order valence-electron chi connectivity index (χ4n) is 4.48. The van der Waals surface area contributed by atoms with Gasteiger partial charge in [-0.05, 0) is 62.4 Å². The number of benzene rings is 1. The maximum Gasteiger partial charge on any atom is 0.376 e. The van der Waals surface area contributed by atoms with Crippen LogP contribution in [0.1, 0.15) is 40.8 Å². The zero-order chi connectivity index (χ0) is 21.4. The van der Waals surface area contributed by atoms with Gasteiger partial charge >= 0.3 is 5.97 Å². The number of fused-ring (bicyclic) bond motifs is 3. The smallest absolute Gasteiger partial charge is 0.376 e. The molecule has 0 bridgehead atoms. The number of piperazine rings is 1. The Balaban J connectivity index is 1.48. The van der Waals surface area contributed by atoms with Crippen LogP contribution in [-0.2, 0) is 17.6 Å². The highest BCUT2D eigenvalue weighted by molar-refractivity contribution is 7.19. The van der Waals surface area contributed by atoms with Crippen molar-refractivity contribution in [1.82, 2.24) is 9.97 Å². The van der Waals surface area contributed by atoms with Gasteiger partial charge in [0.05, 0.1) is 12.0 Å². The lowest BCUT2D eigenvalue weighted by molar-refractivity contribution is 0.0512. The van der Waals surface area contributed by atoms with Crippen LogP contribution in [0.25, 0.3) is 10.2 Å². The molecule has 1 aliphatic carbocycles. The van der Waals surface area contributed by atoms with Gasteiger partial charge in [0.1, 0.15) is 16.5 Å². The average molecular weight is 441 g/mol. The van der Waals surface area contributed by atoms with Crippen LogP contribution >= 0.6 is 11.3 Å². The van der Waals surface area contributed by atoms with Crippen molar-refractivity contribution in [3.63, 3.8) is 0 Å². The first kappa shape index (κ1) is 20.2. The predicted molar refractivity (Wildman–Crippen MR) is 121 cm³/mol. The largest absolute Gasteiger partial charge is 0.460 e. The topological polar surface area (TPSA) is 58.6 Å². The minimum atomic E-state index is -0.470. The van der Waals surface area contributed by atoms with Crippen LogP contribution in [0.2, 0.25) is 0 Å². The van der Waals surface area contributed by atoms with Crippen molar-refractivity contribution in [1.29, 1.82) is 0 Å². The third-order valence-corrected chi connectivity index (χ3v) is 7.21. The molecule has 0 spiro atoms. The summed E-state index contributed by atoms with van der Waals surface area (Å²) in [4.78, 5) is 28.5. The summed E-state index contributed by atoms with van der Waals surface area (Å²) < 4.78 is 18.5. The number of halogens is 1. The molecular formula is C23H25FN4O2S. The van der Waals surface area contributed by atoms with E-state index in [1.54, 1.807) is 18.3 Å². The average Bonchev–Trinajstić information content (AvgIpc) is 3.18. The molecule has 162 valence electrons. The number of rotatable bonds is 4. The molecule has 0 atom stereocenters. The summed E-state index contributed by atoms with van der Waals surface area (Å²) in [6, 6.07) is 6.64. The number of esters is 1. The second kappa shape index (κ2) is 8.42. The molecule has 8 heteroatoms. The van der Waals surface area contributed by atoms with E-state index in [0.29, 0.717) is 6.61 Å². The van der Waals surface area contributed by atoms with E-state index >= 15 is 0 Å². The van der Waals surface area contributed by atoms with Crippen molar-refractivity contribution in [2.24, 2.45) is 0 Å². The quantitative estimate of drug-likeness (QED) is 0.567. The molecule has 31 heavy (non-hydrogen) atoms. The first-order valence-corrected chi connectivity index (χ1v) is 11.7. The van der Waals surface area contributed by atoms with E-state index in [2.05, 4.69) is 14.8 Å². The SMILES string of the molecule is CCOC(=O)c1nc(N2CCN(c3ccc(F)cc3)CC2)c2c3c(sc2n1)CCCC3. The number of anilines is 2. The van der Waals surface area contributed by atoms with Gasteiger partial charge in [-0.25, -0.2) is 19.2 Å². The lowest BCUT2D eigenvalue weighted by atomic mass is 9.97. The van der Waals surface area contributed by atoms with Crippen molar-refractivity contribution in [3.8, 4) is 0 Å². The standard InChI is InChI=1S/C23H25FN4O2S/c1-2-30-23(29)20-25-21(19-17-5-3-4-6-18(17)31-22(19)26-20)28-13-11-27(12-14-28)16-9-7-15(24)8-10-16/h7-10H,2-6,11-14H2,1H3. The number of aromatic nitrogens is 2. The molecule has 0 N–H and O–H groups in total. The summed E-state index contributed by atoms with van der Waals surface area (Å²) >= 11 is 1.69. The van der Waals surface area contributed by atoms with Crippen molar-refractivity contribution in [3.05, 3.63) is 46.3 Å². The van der Waals surface area contributed by atoms with E-state index in [4.69, 9.17) is 9.72 Å². The fourth-order valence-corrected chi connectivity index (χ4v) is 5.74. The Hall–Kier alpha value is -2.74. The molecule has 0 saturated carbocycles. The maximum absolute atomic E-state index is 13.3. The van der Waals surface area contributed by atoms with Gasteiger partial charge in [0, 0.05) is 36.7 Å². The highest BCUT2D eigenvalue weighted by atomic mass is 32.1. The maximum atomic E-state index is 13.3. The van der Waals surface area contributed by atoms with E-state index in [0.717, 1.165) is 60.7 Å². The number of carbonyl (C=O) groups is 1. The summed E-state index contributed by atoms with van der Waals surface area (Å²) in [6.45, 7) is 5.24. The summed E-state index contributed by atoms with van der Waals surface area (Å²) in [7, 11) is 0. The Kier molecular flexibility index (Phi) is 5.48. The van der Waals surface area contributed by atoms with Crippen LogP contribution < -0.4 is 9.80 Å². The number of carbonyl (C=O) groups excluding carboxylic acids is 1. The molecule has 5 rings (SSSR count). The fraction of sp³-hybridized carbons (Fsp3) is 0.435. The first-order valence-electron chi connectivity index (χ1n) is 10.9. The Morgan fingerprint density at radius 1 is 1.06 bits per heavy atom. The van der Waals surface area contributed by atoms with Crippen LogP contribution in [0.5, 0.6) is 0 Å². The molecule has 3 heterocycles. The zero-order valence-corrected chi connectivity index (χ0v) is 18.4. The van der Waals surface area contributed by atoms with Crippen molar-refractivity contribution >= 4 is 39.0 Å². The van der Waals surface area contributed by atoms with Crippen LogP contribution in [0.4, 0.5) is 15.9 Å². The highest BCUT2D eigenvalue weighted by Crippen LogP contribution is 2.40. The Bertz CT molecular complexity index is 1110. The van der Waals surface area contributed by atoms with Crippen molar-refractivity contribution in [2.75, 3.05) is 42.6 Å². The van der Waals surface area contributed by atoms with Gasteiger partial charge in [0.2, 0.25) is 5.82 Å². The number of nitrogens with zero attached hydrogens (tertiary/aromatic N) is 4. The second-order valence-electron chi connectivity index (χ2n) is 7.93. The summed E-state index contributed by atoms with van der Waals surface area (Å²) in [5, 5.41) is 1.11. The van der Waals surface area contributed by atoms with Crippen LogP contribution in [0.15, 0.2) is 24.3 Å². The molecule has 0 amide bonds. The van der Waals surface area contributed by atoms with E-state index < -0.39 is 5.97 Å². The van der Waals surface area contributed by atoms with Gasteiger partial charge in [0.25, 0.3) is 0 Å². The molecule has 0 unspecified atom stereocenters. The van der Waals surface area contributed by atoms with Crippen molar-refractivity contribution < 1.29 is 13.9 Å². The van der Waals surface area contributed by atoms with Crippen LogP contribution in [0, 0.1) is 5.82 Å². The monoisotopic (exact) mass is 440 g/mol. The van der Waals surface area contributed by atoms with E-state index in [9.17, 15) is 9.18 Å². The number of hydrogen-bond donors (Lipinski definition) is 0. The van der Waals surface area contributed by atoms with Crippen LogP contribution in [0.3, 0.4) is 0 Å². The Labute approximate surface area is 184 Å². The second-order valence-corrected chi connectivity index (χ2v) is 9.02. The van der Waals surface area contributed by atoms with Crippen LogP contribution in [-0.4, -0.2) is 48.7 Å². The van der Waals surface area contributed by atoms with E-state index in [-0.39, 0.29) is 11.6 Å². The van der Waals surface area contributed by atoms with Gasteiger partial charge in [-0.15, -0.1) is 11.3 Å². The number of hydrogen-bond acceptors (Lipinski definition) is 7. The molecule has 6 nitrogen and oxygen atoms in total. The minimum Gasteiger partial charge on any atom is -0.460 e. The number of ether oxygens (including phenoxy) is 1. The highest BCUT2D eigenvalue weighted by Gasteiger charge is 2.27. The third kappa shape index (κ3) is 3.84. The van der Waals surface area contributed by atoms with Crippen molar-refractivity contribution in [2.45, 2.75) is 32.6 Å².